The number of aromatic nitrogens is 1. The van der Waals surface area contributed by atoms with Crippen LogP contribution >= 0.6 is 0 Å². The normalized spacial score (nSPS) is 22.6. The lowest BCUT2D eigenvalue weighted by atomic mass is 9.81. The van der Waals surface area contributed by atoms with Gasteiger partial charge < -0.3 is 9.72 Å². The molecule has 2 aromatic rings. The van der Waals surface area contributed by atoms with Crippen LogP contribution < -0.4 is 0 Å². The van der Waals surface area contributed by atoms with Crippen molar-refractivity contribution in [1.82, 2.24) is 9.88 Å². The molecule has 2 aliphatic rings. The first-order valence-corrected chi connectivity index (χ1v) is 10.1. The van der Waals surface area contributed by atoms with Gasteiger partial charge in [0, 0.05) is 29.2 Å². The summed E-state index contributed by atoms with van der Waals surface area (Å²) in [6, 6.07) is 7.40. The van der Waals surface area contributed by atoms with Crippen molar-refractivity contribution in [2.45, 2.75) is 45.1 Å². The second-order valence-electron chi connectivity index (χ2n) is 7.82. The minimum absolute atomic E-state index is 0.0114. The molecule has 2 heterocycles. The largest absolute Gasteiger partial charge is 0.454 e. The van der Waals surface area contributed by atoms with E-state index in [-0.39, 0.29) is 42.4 Å². The van der Waals surface area contributed by atoms with E-state index in [1.807, 2.05) is 24.3 Å². The van der Waals surface area contributed by atoms with Crippen LogP contribution in [0.15, 0.2) is 30.5 Å². The number of amides is 2. The number of nitrogens with one attached hydrogen (secondary N) is 1. The Morgan fingerprint density at radius 2 is 1.79 bits per heavy atom. The molecule has 1 saturated carbocycles. The standard InChI is InChI=1S/C22H24N2O5/c1-13(20(26)17-12-23-18-9-5-4-6-14(17)18)29-19(25)10-11-24-21(27)15-7-2-3-8-16(15)22(24)28/h4-6,9,12-13,15-16,23H,2-3,7-8,10-11H2,1H3/t13-,15-,16+/m0/s1. The molecule has 3 atom stereocenters. The lowest BCUT2D eigenvalue weighted by molar-refractivity contribution is -0.147. The average Bonchev–Trinajstić information content (AvgIpc) is 3.26. The highest BCUT2D eigenvalue weighted by Gasteiger charge is 2.47. The number of hydrogen-bond donors (Lipinski definition) is 1. The predicted octanol–water partition coefficient (Wildman–Crippen LogP) is 2.85. The van der Waals surface area contributed by atoms with Gasteiger partial charge >= 0.3 is 5.97 Å². The molecule has 0 unspecified atom stereocenters. The van der Waals surface area contributed by atoms with Gasteiger partial charge in [-0.1, -0.05) is 31.0 Å². The number of fused-ring (bicyclic) bond motifs is 2. The van der Waals surface area contributed by atoms with Crippen molar-refractivity contribution in [2.75, 3.05) is 6.54 Å². The first-order chi connectivity index (χ1) is 14.0. The number of likely N-dealkylation sites (tertiary alicyclic amines) is 1. The molecule has 2 fully saturated rings. The SMILES string of the molecule is C[C@H](OC(=O)CCN1C(=O)[C@H]2CCCC[C@H]2C1=O)C(=O)c1c[nH]c2ccccc12. The summed E-state index contributed by atoms with van der Waals surface area (Å²) in [7, 11) is 0. The van der Waals surface area contributed by atoms with E-state index in [9.17, 15) is 19.2 Å². The predicted molar refractivity (Wildman–Crippen MR) is 105 cm³/mol. The number of Topliss-reactive ketones (excluding diaryl/α,β-unsaturated/α-hetero) is 1. The Labute approximate surface area is 168 Å². The maximum Gasteiger partial charge on any atom is 0.308 e. The minimum Gasteiger partial charge on any atom is -0.454 e. The van der Waals surface area contributed by atoms with Crippen molar-refractivity contribution in [1.29, 1.82) is 0 Å². The number of para-hydroxylation sites is 1. The van der Waals surface area contributed by atoms with E-state index >= 15 is 0 Å². The summed E-state index contributed by atoms with van der Waals surface area (Å²) in [6.45, 7) is 1.54. The van der Waals surface area contributed by atoms with Gasteiger partial charge in [-0.15, -0.1) is 0 Å². The summed E-state index contributed by atoms with van der Waals surface area (Å²) in [4.78, 5) is 54.1. The molecule has 7 heteroatoms. The Bertz CT molecular complexity index is 954. The summed E-state index contributed by atoms with van der Waals surface area (Å²) in [5.41, 5.74) is 1.30. The zero-order valence-corrected chi connectivity index (χ0v) is 16.3. The molecule has 152 valence electrons. The molecule has 1 aliphatic heterocycles. The molecule has 1 aromatic carbocycles. The number of rotatable bonds is 6. The van der Waals surface area contributed by atoms with Gasteiger partial charge in [0.15, 0.2) is 6.10 Å². The Kier molecular flexibility index (Phi) is 5.22. The van der Waals surface area contributed by atoms with Crippen molar-refractivity contribution in [3.05, 3.63) is 36.0 Å². The maximum absolute atomic E-state index is 12.7. The van der Waals surface area contributed by atoms with Crippen LogP contribution in [-0.4, -0.2) is 46.1 Å². The highest BCUT2D eigenvalue weighted by molar-refractivity contribution is 6.10. The molecule has 0 bridgehead atoms. The van der Waals surface area contributed by atoms with Crippen molar-refractivity contribution in [3.63, 3.8) is 0 Å². The monoisotopic (exact) mass is 396 g/mol. The number of H-pyrrole nitrogens is 1. The van der Waals surface area contributed by atoms with Crippen molar-refractivity contribution >= 4 is 34.5 Å². The highest BCUT2D eigenvalue weighted by Crippen LogP contribution is 2.38. The average molecular weight is 396 g/mol. The van der Waals surface area contributed by atoms with E-state index in [1.54, 1.807) is 6.20 Å². The Morgan fingerprint density at radius 3 is 2.48 bits per heavy atom. The van der Waals surface area contributed by atoms with Gasteiger partial charge in [0.05, 0.1) is 18.3 Å². The molecular weight excluding hydrogens is 372 g/mol. The van der Waals surface area contributed by atoms with Gasteiger partial charge in [-0.05, 0) is 25.8 Å². The number of imide groups is 1. The van der Waals surface area contributed by atoms with E-state index in [0.29, 0.717) is 5.56 Å². The van der Waals surface area contributed by atoms with Gasteiger partial charge in [0.25, 0.3) is 0 Å². The number of hydrogen-bond acceptors (Lipinski definition) is 5. The number of benzene rings is 1. The molecule has 1 N–H and O–H groups in total. The quantitative estimate of drug-likeness (QED) is 0.460. The van der Waals surface area contributed by atoms with E-state index in [0.717, 1.165) is 36.6 Å². The fraction of sp³-hybridized carbons (Fsp3) is 0.455. The third-order valence-corrected chi connectivity index (χ3v) is 6.00. The lowest BCUT2D eigenvalue weighted by Crippen LogP contribution is -2.34. The fourth-order valence-electron chi connectivity index (χ4n) is 4.46. The van der Waals surface area contributed by atoms with Crippen LogP contribution in [0.2, 0.25) is 0 Å². The Balaban J connectivity index is 1.34. The molecule has 1 saturated heterocycles. The van der Waals surface area contributed by atoms with Crippen LogP contribution in [-0.2, 0) is 19.1 Å². The van der Waals surface area contributed by atoms with Gasteiger partial charge in [-0.3, -0.25) is 24.1 Å². The van der Waals surface area contributed by atoms with Gasteiger partial charge in [0.2, 0.25) is 17.6 Å². The molecule has 1 aliphatic carbocycles. The molecule has 2 amide bonds. The molecule has 29 heavy (non-hydrogen) atoms. The van der Waals surface area contributed by atoms with Crippen LogP contribution in [0, 0.1) is 11.8 Å². The maximum atomic E-state index is 12.7. The molecule has 7 nitrogen and oxygen atoms in total. The van der Waals surface area contributed by atoms with E-state index in [2.05, 4.69) is 4.98 Å². The fourth-order valence-corrected chi connectivity index (χ4v) is 4.46. The topological polar surface area (TPSA) is 96.5 Å². The first-order valence-electron chi connectivity index (χ1n) is 10.1. The van der Waals surface area contributed by atoms with Crippen LogP contribution in [0.1, 0.15) is 49.4 Å². The second-order valence-corrected chi connectivity index (χ2v) is 7.82. The molecular formula is C22H24N2O5. The van der Waals surface area contributed by atoms with E-state index < -0.39 is 12.1 Å². The van der Waals surface area contributed by atoms with Gasteiger partial charge in [-0.2, -0.15) is 0 Å². The third-order valence-electron chi connectivity index (χ3n) is 6.00. The first kappa shape index (κ1) is 19.4. The van der Waals surface area contributed by atoms with Gasteiger partial charge in [0.1, 0.15) is 0 Å². The number of nitrogens with zero attached hydrogens (tertiary/aromatic N) is 1. The zero-order valence-electron chi connectivity index (χ0n) is 16.3. The highest BCUT2D eigenvalue weighted by atomic mass is 16.5. The number of carbonyl (C=O) groups excluding carboxylic acids is 4. The number of ketones is 1. The Hall–Kier alpha value is -2.96. The molecule has 0 spiro atoms. The van der Waals surface area contributed by atoms with Crippen molar-refractivity contribution in [3.8, 4) is 0 Å². The Morgan fingerprint density at radius 1 is 1.14 bits per heavy atom. The van der Waals surface area contributed by atoms with Crippen LogP contribution in [0.4, 0.5) is 0 Å². The molecule has 1 aromatic heterocycles. The minimum atomic E-state index is -0.950. The number of ether oxygens (including phenoxy) is 1. The van der Waals surface area contributed by atoms with Crippen molar-refractivity contribution < 1.29 is 23.9 Å². The number of aromatic amines is 1. The van der Waals surface area contributed by atoms with Crippen LogP contribution in [0.25, 0.3) is 10.9 Å². The van der Waals surface area contributed by atoms with Crippen molar-refractivity contribution in [2.24, 2.45) is 11.8 Å². The van der Waals surface area contributed by atoms with Gasteiger partial charge in [-0.25, -0.2) is 0 Å². The molecule has 0 radical (unpaired) electrons. The third kappa shape index (κ3) is 3.57. The van der Waals surface area contributed by atoms with Crippen LogP contribution in [0.3, 0.4) is 0 Å². The summed E-state index contributed by atoms with van der Waals surface area (Å²) in [5, 5.41) is 0.774. The summed E-state index contributed by atoms with van der Waals surface area (Å²) >= 11 is 0. The summed E-state index contributed by atoms with van der Waals surface area (Å²) in [6.07, 6.45) is 3.96. The van der Waals surface area contributed by atoms with Crippen LogP contribution in [0.5, 0.6) is 0 Å². The molecule has 4 rings (SSSR count). The van der Waals surface area contributed by atoms with E-state index in [1.165, 1.54) is 11.8 Å². The summed E-state index contributed by atoms with van der Waals surface area (Å²) < 4.78 is 5.28. The zero-order chi connectivity index (χ0) is 20.5. The summed E-state index contributed by atoms with van der Waals surface area (Å²) in [5.74, 6) is -1.69. The second kappa shape index (κ2) is 7.81. The number of esters is 1. The lowest BCUT2D eigenvalue weighted by Gasteiger charge is -2.19. The smallest absolute Gasteiger partial charge is 0.308 e. The number of carbonyl (C=O) groups is 4. The van der Waals surface area contributed by atoms with E-state index in [4.69, 9.17) is 4.74 Å².